The van der Waals surface area contributed by atoms with Crippen molar-refractivity contribution in [3.8, 4) is 5.88 Å². The van der Waals surface area contributed by atoms with Gasteiger partial charge in [-0.15, -0.1) is 0 Å². The smallest absolute Gasteiger partial charge is 0.274 e. The normalized spacial score (nSPS) is 19.9. The minimum atomic E-state index is -0.0141. The van der Waals surface area contributed by atoms with Crippen LogP contribution in [0, 0.1) is 6.92 Å². The van der Waals surface area contributed by atoms with E-state index in [1.165, 1.54) is 11.1 Å². The van der Waals surface area contributed by atoms with Crippen molar-refractivity contribution in [2.24, 2.45) is 7.05 Å². The van der Waals surface area contributed by atoms with Crippen molar-refractivity contribution in [1.82, 2.24) is 29.7 Å². The number of rotatable bonds is 5. The molecule has 9 nitrogen and oxygen atoms in total. The van der Waals surface area contributed by atoms with Gasteiger partial charge in [0.25, 0.3) is 5.91 Å². The van der Waals surface area contributed by atoms with Crippen LogP contribution < -0.4 is 15.4 Å². The lowest BCUT2D eigenvalue weighted by Crippen LogP contribution is -2.33. The minimum Gasteiger partial charge on any atom is -0.481 e. The Bertz CT molecular complexity index is 1180. The molecule has 0 aromatic carbocycles. The molecular formula is C24H29N7O2. The molecule has 2 aliphatic heterocycles. The van der Waals surface area contributed by atoms with Crippen molar-refractivity contribution in [2.45, 2.75) is 38.4 Å². The van der Waals surface area contributed by atoms with Crippen molar-refractivity contribution in [2.75, 3.05) is 25.5 Å². The zero-order valence-electron chi connectivity index (χ0n) is 19.2. The summed E-state index contributed by atoms with van der Waals surface area (Å²) in [5.74, 6) is 0.646. The standard InChI is InChI=1S/C24H29N7O2/c1-15-6-16(9-27-23(15)33-3)20-7-19-17(10-26-20)8-25-11-21(19)29-18-4-5-31(12-18)24(32)22-13-30(2)14-28-22/h6,8-9,11,13-14,18,20,26,29H,4-5,7,10,12H2,1-3H3/t18-,20-/m0/s1. The largest absolute Gasteiger partial charge is 0.481 e. The summed E-state index contributed by atoms with van der Waals surface area (Å²) in [6.45, 7) is 4.14. The number of aryl methyl sites for hydroxylation is 2. The van der Waals surface area contributed by atoms with Crippen LogP contribution in [0.15, 0.2) is 37.2 Å². The number of hydrogen-bond donors (Lipinski definition) is 2. The lowest BCUT2D eigenvalue weighted by atomic mass is 9.92. The van der Waals surface area contributed by atoms with Gasteiger partial charge in [0.2, 0.25) is 5.88 Å². The van der Waals surface area contributed by atoms with Gasteiger partial charge in [-0.3, -0.25) is 9.78 Å². The molecule has 0 aliphatic carbocycles. The fraction of sp³-hybridized carbons (Fsp3) is 0.417. The number of hydrogen-bond acceptors (Lipinski definition) is 7. The first kappa shape index (κ1) is 21.4. The van der Waals surface area contributed by atoms with Crippen LogP contribution in [0.3, 0.4) is 0 Å². The maximum atomic E-state index is 12.8. The highest BCUT2D eigenvalue weighted by Gasteiger charge is 2.30. The van der Waals surface area contributed by atoms with Gasteiger partial charge in [0.1, 0.15) is 5.69 Å². The molecule has 172 valence electrons. The SMILES string of the molecule is COc1ncc([C@@H]2Cc3c(cncc3N[C@H]3CCN(C(=O)c4cn(C)cn4)C3)CN2)cc1C. The van der Waals surface area contributed by atoms with Crippen molar-refractivity contribution in [3.05, 3.63) is 65.1 Å². The van der Waals surface area contributed by atoms with Crippen molar-refractivity contribution in [3.63, 3.8) is 0 Å². The summed E-state index contributed by atoms with van der Waals surface area (Å²) < 4.78 is 7.11. The van der Waals surface area contributed by atoms with Crippen LogP contribution >= 0.6 is 0 Å². The van der Waals surface area contributed by atoms with Crippen LogP contribution in [0.1, 0.15) is 45.2 Å². The molecular weight excluding hydrogens is 418 g/mol. The second kappa shape index (κ2) is 8.82. The van der Waals surface area contributed by atoms with Crippen LogP contribution in [0.5, 0.6) is 5.88 Å². The Hall–Kier alpha value is -3.46. The van der Waals surface area contributed by atoms with E-state index in [9.17, 15) is 4.79 Å². The molecule has 2 atom stereocenters. The molecule has 33 heavy (non-hydrogen) atoms. The first-order valence-electron chi connectivity index (χ1n) is 11.2. The van der Waals surface area contributed by atoms with Gasteiger partial charge in [0, 0.05) is 62.9 Å². The van der Waals surface area contributed by atoms with E-state index in [2.05, 4.69) is 31.7 Å². The number of methoxy groups -OCH3 is 1. The number of imidazole rings is 1. The molecule has 2 aliphatic rings. The number of nitrogens with one attached hydrogen (secondary N) is 2. The van der Waals surface area contributed by atoms with Crippen LogP contribution in [0.4, 0.5) is 5.69 Å². The molecule has 2 N–H and O–H groups in total. The summed E-state index contributed by atoms with van der Waals surface area (Å²) in [4.78, 5) is 27.7. The highest BCUT2D eigenvalue weighted by molar-refractivity contribution is 5.92. The van der Waals surface area contributed by atoms with Gasteiger partial charge in [-0.05, 0) is 42.5 Å². The highest BCUT2D eigenvalue weighted by Crippen LogP contribution is 2.32. The fourth-order valence-corrected chi connectivity index (χ4v) is 4.75. The van der Waals surface area contributed by atoms with E-state index < -0.39 is 0 Å². The second-order valence-corrected chi connectivity index (χ2v) is 8.86. The monoisotopic (exact) mass is 447 g/mol. The first-order valence-corrected chi connectivity index (χ1v) is 11.2. The topological polar surface area (TPSA) is 97.2 Å². The maximum Gasteiger partial charge on any atom is 0.274 e. The molecule has 3 aromatic rings. The molecule has 0 bridgehead atoms. The van der Waals surface area contributed by atoms with Crippen molar-refractivity contribution < 1.29 is 9.53 Å². The summed E-state index contributed by atoms with van der Waals surface area (Å²) in [5, 5.41) is 7.28. The van der Waals surface area contributed by atoms with Gasteiger partial charge in [-0.1, -0.05) is 0 Å². The average molecular weight is 448 g/mol. The number of carbonyl (C=O) groups is 1. The van der Waals surface area contributed by atoms with Crippen LogP contribution in [-0.4, -0.2) is 56.6 Å². The molecule has 1 amide bonds. The summed E-state index contributed by atoms with van der Waals surface area (Å²) >= 11 is 0. The Labute approximate surface area is 193 Å². The van der Waals surface area contributed by atoms with Gasteiger partial charge in [0.15, 0.2) is 0 Å². The summed E-state index contributed by atoms with van der Waals surface area (Å²) in [6.07, 6.45) is 10.9. The summed E-state index contributed by atoms with van der Waals surface area (Å²) in [7, 11) is 3.51. The predicted octanol–water partition coefficient (Wildman–Crippen LogP) is 2.24. The third kappa shape index (κ3) is 4.28. The number of pyridine rings is 2. The quantitative estimate of drug-likeness (QED) is 0.619. The minimum absolute atomic E-state index is 0.0141. The Morgan fingerprint density at radius 1 is 1.27 bits per heavy atom. The van der Waals surface area contributed by atoms with Gasteiger partial charge >= 0.3 is 0 Å². The molecule has 0 saturated carbocycles. The van der Waals surface area contributed by atoms with Gasteiger partial charge in [-0.25, -0.2) is 9.97 Å². The van der Waals surface area contributed by atoms with Crippen LogP contribution in [-0.2, 0) is 20.0 Å². The number of anilines is 1. The molecule has 1 saturated heterocycles. The number of fused-ring (bicyclic) bond motifs is 1. The van der Waals surface area contributed by atoms with E-state index in [1.54, 1.807) is 24.2 Å². The van der Waals surface area contributed by atoms with E-state index in [0.717, 1.165) is 42.7 Å². The van der Waals surface area contributed by atoms with E-state index in [-0.39, 0.29) is 18.0 Å². The van der Waals surface area contributed by atoms with Crippen LogP contribution in [0.25, 0.3) is 0 Å². The van der Waals surface area contributed by atoms with Crippen molar-refractivity contribution >= 4 is 11.6 Å². The highest BCUT2D eigenvalue weighted by atomic mass is 16.5. The molecule has 1 fully saturated rings. The Morgan fingerprint density at radius 2 is 2.15 bits per heavy atom. The summed E-state index contributed by atoms with van der Waals surface area (Å²) in [5.41, 5.74) is 6.20. The number of likely N-dealkylation sites (tertiary alicyclic amines) is 1. The third-order valence-electron chi connectivity index (χ3n) is 6.50. The molecule has 0 unspecified atom stereocenters. The number of carbonyl (C=O) groups excluding carboxylic acids is 1. The Morgan fingerprint density at radius 3 is 2.91 bits per heavy atom. The van der Waals surface area contributed by atoms with Gasteiger partial charge in [-0.2, -0.15) is 0 Å². The van der Waals surface area contributed by atoms with E-state index in [0.29, 0.717) is 18.1 Å². The molecule has 5 heterocycles. The van der Waals surface area contributed by atoms with E-state index >= 15 is 0 Å². The lowest BCUT2D eigenvalue weighted by molar-refractivity contribution is 0.0786. The molecule has 0 radical (unpaired) electrons. The number of aromatic nitrogens is 4. The number of nitrogens with zero attached hydrogens (tertiary/aromatic N) is 5. The summed E-state index contributed by atoms with van der Waals surface area (Å²) in [6, 6.07) is 2.49. The molecule has 3 aromatic heterocycles. The maximum absolute atomic E-state index is 12.8. The van der Waals surface area contributed by atoms with E-state index in [1.807, 2.05) is 37.5 Å². The Kier molecular flexibility index (Phi) is 5.72. The zero-order valence-corrected chi connectivity index (χ0v) is 19.2. The van der Waals surface area contributed by atoms with E-state index in [4.69, 9.17) is 4.74 Å². The molecule has 9 heteroatoms. The van der Waals surface area contributed by atoms with Gasteiger partial charge < -0.3 is 24.8 Å². The number of ether oxygens (including phenoxy) is 1. The van der Waals surface area contributed by atoms with Crippen LogP contribution in [0.2, 0.25) is 0 Å². The molecule has 5 rings (SSSR count). The lowest BCUT2D eigenvalue weighted by Gasteiger charge is -2.29. The second-order valence-electron chi connectivity index (χ2n) is 8.86. The predicted molar refractivity (Wildman–Crippen MR) is 124 cm³/mol. The molecule has 0 spiro atoms. The first-order chi connectivity index (χ1) is 16.0. The van der Waals surface area contributed by atoms with Crippen molar-refractivity contribution in [1.29, 1.82) is 0 Å². The fourth-order valence-electron chi connectivity index (χ4n) is 4.75. The van der Waals surface area contributed by atoms with Gasteiger partial charge in [0.05, 0.1) is 25.3 Å². The third-order valence-corrected chi connectivity index (χ3v) is 6.50. The average Bonchev–Trinajstić information content (AvgIpc) is 3.48. The zero-order chi connectivity index (χ0) is 22.9. The number of amides is 1. The Balaban J connectivity index is 1.29.